The number of nitrogens with zero attached hydrogens (tertiary/aromatic N) is 2. The second-order valence-electron chi connectivity index (χ2n) is 5.01. The highest BCUT2D eigenvalue weighted by Gasteiger charge is 2.09. The smallest absolute Gasteiger partial charge is 0.335 e. The second-order valence-corrected chi connectivity index (χ2v) is 5.01. The summed E-state index contributed by atoms with van der Waals surface area (Å²) in [7, 11) is 0. The van der Waals surface area contributed by atoms with E-state index in [1.54, 1.807) is 30.6 Å². The van der Waals surface area contributed by atoms with Gasteiger partial charge in [0, 0.05) is 11.8 Å². The average molecular weight is 296 g/mol. The predicted octanol–water partition coefficient (Wildman–Crippen LogP) is 3.69. The first-order chi connectivity index (χ1) is 10.5. The molecule has 4 nitrogen and oxygen atoms in total. The van der Waals surface area contributed by atoms with Gasteiger partial charge in [-0.1, -0.05) is 18.2 Å². The standard InChI is InChI=1S/C17H13FN2O2/c1-11-2-7-16(15(18)8-11)20-10-14(9-19-20)12-3-5-13(6-4-12)17(21)22/h2-10H,1H3,(H,21,22). The predicted molar refractivity (Wildman–Crippen MR) is 80.7 cm³/mol. The first kappa shape index (κ1) is 14.0. The summed E-state index contributed by atoms with van der Waals surface area (Å²) in [5, 5.41) is 13.1. The summed E-state index contributed by atoms with van der Waals surface area (Å²) in [6.45, 7) is 1.82. The molecule has 0 aliphatic heterocycles. The maximum Gasteiger partial charge on any atom is 0.335 e. The van der Waals surface area contributed by atoms with Gasteiger partial charge < -0.3 is 5.11 Å². The Balaban J connectivity index is 1.95. The number of carboxylic acid groups (broad SMARTS) is 1. The lowest BCUT2D eigenvalue weighted by Gasteiger charge is -2.03. The van der Waals surface area contributed by atoms with Crippen molar-refractivity contribution in [2.45, 2.75) is 6.92 Å². The van der Waals surface area contributed by atoms with E-state index < -0.39 is 5.97 Å². The van der Waals surface area contributed by atoms with Crippen LogP contribution in [0.3, 0.4) is 0 Å². The highest BCUT2D eigenvalue weighted by atomic mass is 19.1. The summed E-state index contributed by atoms with van der Waals surface area (Å²) in [6.07, 6.45) is 3.33. The Morgan fingerprint density at radius 2 is 1.86 bits per heavy atom. The fraction of sp³-hybridized carbons (Fsp3) is 0.0588. The third kappa shape index (κ3) is 2.61. The molecule has 0 bridgehead atoms. The second kappa shape index (κ2) is 5.44. The van der Waals surface area contributed by atoms with Crippen LogP contribution in [0, 0.1) is 12.7 Å². The molecule has 3 aromatic rings. The molecule has 2 aromatic carbocycles. The molecule has 0 radical (unpaired) electrons. The Morgan fingerprint density at radius 1 is 1.14 bits per heavy atom. The number of carbonyl (C=O) groups is 1. The minimum absolute atomic E-state index is 0.223. The number of carboxylic acids is 1. The van der Waals surface area contributed by atoms with Crippen molar-refractivity contribution >= 4 is 5.97 Å². The van der Waals surface area contributed by atoms with Gasteiger partial charge in [-0.3, -0.25) is 0 Å². The number of rotatable bonds is 3. The van der Waals surface area contributed by atoms with Gasteiger partial charge in [0.1, 0.15) is 11.5 Å². The fourth-order valence-electron chi connectivity index (χ4n) is 2.21. The van der Waals surface area contributed by atoms with Crippen molar-refractivity contribution in [2.75, 3.05) is 0 Å². The van der Waals surface area contributed by atoms with Gasteiger partial charge in [-0.2, -0.15) is 5.10 Å². The average Bonchev–Trinajstić information content (AvgIpc) is 2.97. The lowest BCUT2D eigenvalue weighted by Crippen LogP contribution is -1.98. The maximum atomic E-state index is 14.0. The number of hydrogen-bond acceptors (Lipinski definition) is 2. The number of hydrogen-bond donors (Lipinski definition) is 1. The molecule has 0 aliphatic rings. The number of aryl methyl sites for hydroxylation is 1. The summed E-state index contributed by atoms with van der Waals surface area (Å²) >= 11 is 0. The van der Waals surface area contributed by atoms with Crippen LogP contribution >= 0.6 is 0 Å². The Morgan fingerprint density at radius 3 is 2.50 bits per heavy atom. The molecule has 1 N–H and O–H groups in total. The lowest BCUT2D eigenvalue weighted by atomic mass is 10.1. The minimum Gasteiger partial charge on any atom is -0.478 e. The lowest BCUT2D eigenvalue weighted by molar-refractivity contribution is 0.0697. The van der Waals surface area contributed by atoms with Gasteiger partial charge in [0.25, 0.3) is 0 Å². The molecule has 1 heterocycles. The molecule has 5 heteroatoms. The van der Waals surface area contributed by atoms with E-state index in [9.17, 15) is 9.18 Å². The van der Waals surface area contributed by atoms with E-state index in [2.05, 4.69) is 5.10 Å². The first-order valence-electron chi connectivity index (χ1n) is 6.69. The SMILES string of the molecule is Cc1ccc(-n2cc(-c3ccc(C(=O)O)cc3)cn2)c(F)c1. The zero-order chi connectivity index (χ0) is 15.7. The van der Waals surface area contributed by atoms with Crippen molar-refractivity contribution in [1.29, 1.82) is 0 Å². The number of halogens is 1. The molecule has 0 saturated heterocycles. The quantitative estimate of drug-likeness (QED) is 0.802. The van der Waals surface area contributed by atoms with E-state index in [4.69, 9.17) is 5.11 Å². The van der Waals surface area contributed by atoms with Crippen LogP contribution < -0.4 is 0 Å². The monoisotopic (exact) mass is 296 g/mol. The molecule has 22 heavy (non-hydrogen) atoms. The van der Waals surface area contributed by atoms with Crippen LogP contribution in [0.25, 0.3) is 16.8 Å². The van der Waals surface area contributed by atoms with E-state index in [0.29, 0.717) is 5.69 Å². The zero-order valence-corrected chi connectivity index (χ0v) is 11.8. The third-order valence-electron chi connectivity index (χ3n) is 3.40. The molecule has 0 saturated carbocycles. The Hall–Kier alpha value is -2.95. The fourth-order valence-corrected chi connectivity index (χ4v) is 2.21. The van der Waals surface area contributed by atoms with Gasteiger partial charge in [-0.25, -0.2) is 13.9 Å². The molecule has 0 spiro atoms. The molecule has 1 aromatic heterocycles. The Labute approximate surface area is 126 Å². The molecular weight excluding hydrogens is 283 g/mol. The van der Waals surface area contributed by atoms with Gasteiger partial charge in [-0.05, 0) is 42.3 Å². The van der Waals surface area contributed by atoms with E-state index >= 15 is 0 Å². The van der Waals surface area contributed by atoms with Crippen molar-refractivity contribution in [1.82, 2.24) is 9.78 Å². The molecule has 3 rings (SSSR count). The van der Waals surface area contributed by atoms with E-state index in [1.165, 1.54) is 22.9 Å². The van der Waals surface area contributed by atoms with Crippen LogP contribution in [0.2, 0.25) is 0 Å². The molecule has 0 aliphatic carbocycles. The van der Waals surface area contributed by atoms with Crippen LogP contribution in [0.15, 0.2) is 54.9 Å². The Bertz CT molecular complexity index is 838. The van der Waals surface area contributed by atoms with Crippen molar-refractivity contribution in [3.8, 4) is 16.8 Å². The molecular formula is C17H13FN2O2. The first-order valence-corrected chi connectivity index (χ1v) is 6.69. The van der Waals surface area contributed by atoms with E-state index in [1.807, 2.05) is 13.0 Å². The van der Waals surface area contributed by atoms with Gasteiger partial charge in [0.15, 0.2) is 0 Å². The van der Waals surface area contributed by atoms with Crippen LogP contribution in [-0.4, -0.2) is 20.9 Å². The molecule has 0 unspecified atom stereocenters. The number of aromatic carboxylic acids is 1. The topological polar surface area (TPSA) is 55.1 Å². The summed E-state index contributed by atoms with van der Waals surface area (Å²) < 4.78 is 15.4. The highest BCUT2D eigenvalue weighted by Crippen LogP contribution is 2.22. The van der Waals surface area contributed by atoms with Crippen molar-refractivity contribution in [3.63, 3.8) is 0 Å². The largest absolute Gasteiger partial charge is 0.478 e. The Kier molecular flexibility index (Phi) is 3.47. The van der Waals surface area contributed by atoms with Crippen LogP contribution in [0.5, 0.6) is 0 Å². The van der Waals surface area contributed by atoms with Crippen LogP contribution in [-0.2, 0) is 0 Å². The highest BCUT2D eigenvalue weighted by molar-refractivity contribution is 5.88. The molecule has 110 valence electrons. The molecule has 0 fully saturated rings. The molecule has 0 atom stereocenters. The van der Waals surface area contributed by atoms with Crippen molar-refractivity contribution in [3.05, 3.63) is 71.8 Å². The molecule has 0 amide bonds. The maximum absolute atomic E-state index is 14.0. The van der Waals surface area contributed by atoms with E-state index in [-0.39, 0.29) is 11.4 Å². The van der Waals surface area contributed by atoms with E-state index in [0.717, 1.165) is 16.7 Å². The summed E-state index contributed by atoms with van der Waals surface area (Å²) in [5.41, 5.74) is 3.05. The number of benzene rings is 2. The summed E-state index contributed by atoms with van der Waals surface area (Å²) in [4.78, 5) is 10.8. The summed E-state index contributed by atoms with van der Waals surface area (Å²) in [5.74, 6) is -1.31. The normalized spacial score (nSPS) is 10.6. The third-order valence-corrected chi connectivity index (χ3v) is 3.40. The minimum atomic E-state index is -0.969. The van der Waals surface area contributed by atoms with Gasteiger partial charge in [0.05, 0.1) is 11.8 Å². The van der Waals surface area contributed by atoms with Gasteiger partial charge >= 0.3 is 5.97 Å². The van der Waals surface area contributed by atoms with Crippen LogP contribution in [0.4, 0.5) is 4.39 Å². The summed E-state index contributed by atoms with van der Waals surface area (Å²) in [6, 6.07) is 11.4. The van der Waals surface area contributed by atoms with Gasteiger partial charge in [0.2, 0.25) is 0 Å². The van der Waals surface area contributed by atoms with Crippen molar-refractivity contribution < 1.29 is 14.3 Å². The number of aromatic nitrogens is 2. The van der Waals surface area contributed by atoms with Crippen molar-refractivity contribution in [2.24, 2.45) is 0 Å². The van der Waals surface area contributed by atoms with Gasteiger partial charge in [-0.15, -0.1) is 0 Å². The van der Waals surface area contributed by atoms with Crippen LogP contribution in [0.1, 0.15) is 15.9 Å². The zero-order valence-electron chi connectivity index (χ0n) is 11.8.